The van der Waals surface area contributed by atoms with Crippen molar-refractivity contribution >= 4 is 23.0 Å². The molecular formula is C20H21N5O3. The number of benzene rings is 1. The van der Waals surface area contributed by atoms with Gasteiger partial charge in [0.1, 0.15) is 5.82 Å². The van der Waals surface area contributed by atoms with Crippen LogP contribution in [0.5, 0.6) is 0 Å². The van der Waals surface area contributed by atoms with E-state index in [0.29, 0.717) is 29.8 Å². The summed E-state index contributed by atoms with van der Waals surface area (Å²) in [6.07, 6.45) is 3.61. The van der Waals surface area contributed by atoms with E-state index in [9.17, 15) is 9.59 Å². The maximum absolute atomic E-state index is 12.8. The summed E-state index contributed by atoms with van der Waals surface area (Å²) in [4.78, 5) is 32.5. The van der Waals surface area contributed by atoms with Crippen molar-refractivity contribution in [2.24, 2.45) is 0 Å². The number of nitrogens with one attached hydrogen (secondary N) is 4. The van der Waals surface area contributed by atoms with Gasteiger partial charge in [-0.1, -0.05) is 12.1 Å². The molecule has 0 fully saturated rings. The van der Waals surface area contributed by atoms with Crippen molar-refractivity contribution in [2.45, 2.75) is 26.3 Å². The van der Waals surface area contributed by atoms with Gasteiger partial charge in [0.15, 0.2) is 0 Å². The average Bonchev–Trinajstić information content (AvgIpc) is 3.31. The van der Waals surface area contributed by atoms with Crippen LogP contribution in [-0.2, 0) is 11.2 Å². The van der Waals surface area contributed by atoms with Gasteiger partial charge in [-0.3, -0.25) is 4.79 Å². The van der Waals surface area contributed by atoms with Crippen molar-refractivity contribution in [2.75, 3.05) is 6.54 Å². The van der Waals surface area contributed by atoms with Crippen molar-refractivity contribution in [3.63, 3.8) is 0 Å². The van der Waals surface area contributed by atoms with Gasteiger partial charge < -0.3 is 25.4 Å². The molecule has 4 rings (SSSR count). The molecule has 2 aromatic heterocycles. The molecule has 0 aliphatic carbocycles. The van der Waals surface area contributed by atoms with Crippen LogP contribution in [0.15, 0.2) is 52.5 Å². The van der Waals surface area contributed by atoms with E-state index in [0.717, 1.165) is 22.4 Å². The summed E-state index contributed by atoms with van der Waals surface area (Å²) in [5, 5.41) is 8.34. The number of hydrogen-bond acceptors (Lipinski definition) is 4. The molecule has 1 aliphatic heterocycles. The topological polar surface area (TPSA) is 112 Å². The Balaban J connectivity index is 1.46. The Kier molecular flexibility index (Phi) is 4.60. The number of urea groups is 1. The quantitative estimate of drug-likeness (QED) is 0.545. The van der Waals surface area contributed by atoms with E-state index in [4.69, 9.17) is 4.42 Å². The first-order chi connectivity index (χ1) is 13.5. The SMILES string of the molecule is CC1=C(C(=O)NCCc2nc3c(C)cccc3[nH]2)C(c2ccoc2)NC(=O)N1. The van der Waals surface area contributed by atoms with Gasteiger partial charge in [-0.15, -0.1) is 0 Å². The normalized spacial score (nSPS) is 16.8. The Hall–Kier alpha value is -3.55. The van der Waals surface area contributed by atoms with Crippen molar-refractivity contribution in [3.05, 3.63) is 65.0 Å². The fourth-order valence-electron chi connectivity index (χ4n) is 3.42. The summed E-state index contributed by atoms with van der Waals surface area (Å²) in [6, 6.07) is 6.81. The fraction of sp³-hybridized carbons (Fsp3) is 0.250. The first kappa shape index (κ1) is 17.8. The molecule has 144 valence electrons. The van der Waals surface area contributed by atoms with Gasteiger partial charge in [0.05, 0.1) is 35.2 Å². The highest BCUT2D eigenvalue weighted by atomic mass is 16.3. The lowest BCUT2D eigenvalue weighted by molar-refractivity contribution is -0.117. The number of H-pyrrole nitrogens is 1. The van der Waals surface area contributed by atoms with Gasteiger partial charge in [0, 0.05) is 24.2 Å². The van der Waals surface area contributed by atoms with E-state index in [1.165, 1.54) is 12.5 Å². The predicted molar refractivity (Wildman–Crippen MR) is 103 cm³/mol. The van der Waals surface area contributed by atoms with Crippen LogP contribution in [0.4, 0.5) is 4.79 Å². The third kappa shape index (κ3) is 3.36. The second kappa shape index (κ2) is 7.22. The van der Waals surface area contributed by atoms with Gasteiger partial charge in [0.25, 0.3) is 5.91 Å². The smallest absolute Gasteiger partial charge is 0.319 e. The summed E-state index contributed by atoms with van der Waals surface area (Å²) in [5.74, 6) is 0.570. The minimum Gasteiger partial charge on any atom is -0.472 e. The third-order valence-corrected chi connectivity index (χ3v) is 4.80. The van der Waals surface area contributed by atoms with Gasteiger partial charge >= 0.3 is 6.03 Å². The van der Waals surface area contributed by atoms with E-state index in [1.807, 2.05) is 25.1 Å². The molecule has 3 aromatic rings. The zero-order chi connectivity index (χ0) is 19.7. The van der Waals surface area contributed by atoms with Crippen LogP contribution < -0.4 is 16.0 Å². The van der Waals surface area contributed by atoms with Gasteiger partial charge in [0.2, 0.25) is 0 Å². The number of para-hydroxylation sites is 1. The molecule has 1 aromatic carbocycles. The van der Waals surface area contributed by atoms with Crippen molar-refractivity contribution in [1.82, 2.24) is 25.9 Å². The molecule has 1 aliphatic rings. The molecule has 8 heteroatoms. The predicted octanol–water partition coefficient (Wildman–Crippen LogP) is 2.45. The number of carbonyl (C=O) groups is 2. The number of rotatable bonds is 5. The van der Waals surface area contributed by atoms with E-state index in [2.05, 4.69) is 25.9 Å². The number of aromatic amines is 1. The molecular weight excluding hydrogens is 358 g/mol. The number of amides is 3. The Morgan fingerprint density at radius 3 is 2.89 bits per heavy atom. The summed E-state index contributed by atoms with van der Waals surface area (Å²) in [7, 11) is 0. The number of carbonyl (C=O) groups excluding carboxylic acids is 2. The van der Waals surface area contributed by atoms with Crippen LogP contribution >= 0.6 is 0 Å². The van der Waals surface area contributed by atoms with Gasteiger partial charge in [-0.05, 0) is 31.5 Å². The number of furan rings is 1. The molecule has 4 N–H and O–H groups in total. The van der Waals surface area contributed by atoms with Crippen LogP contribution in [0.1, 0.15) is 29.9 Å². The number of nitrogens with zero attached hydrogens (tertiary/aromatic N) is 1. The lowest BCUT2D eigenvalue weighted by Crippen LogP contribution is -2.47. The molecule has 8 nitrogen and oxygen atoms in total. The molecule has 0 saturated heterocycles. The summed E-state index contributed by atoms with van der Waals surface area (Å²) in [6.45, 7) is 4.15. The molecule has 1 atom stereocenters. The maximum atomic E-state index is 12.8. The molecule has 0 radical (unpaired) electrons. The van der Waals surface area contributed by atoms with Crippen molar-refractivity contribution in [3.8, 4) is 0 Å². The third-order valence-electron chi connectivity index (χ3n) is 4.80. The minimum atomic E-state index is -0.554. The number of hydrogen-bond donors (Lipinski definition) is 4. The Labute approximate surface area is 161 Å². The zero-order valence-electron chi connectivity index (χ0n) is 15.6. The number of aryl methyl sites for hydroxylation is 1. The second-order valence-electron chi connectivity index (χ2n) is 6.79. The highest BCUT2D eigenvalue weighted by Crippen LogP contribution is 2.26. The summed E-state index contributed by atoms with van der Waals surface area (Å²) >= 11 is 0. The van der Waals surface area contributed by atoms with Crippen molar-refractivity contribution in [1.29, 1.82) is 0 Å². The number of allylic oxidation sites excluding steroid dienone is 1. The maximum Gasteiger partial charge on any atom is 0.319 e. The van der Waals surface area contributed by atoms with Crippen LogP contribution in [0.2, 0.25) is 0 Å². The Morgan fingerprint density at radius 1 is 1.29 bits per heavy atom. The molecule has 3 heterocycles. The lowest BCUT2D eigenvalue weighted by Gasteiger charge is -2.27. The molecule has 0 saturated carbocycles. The molecule has 0 bridgehead atoms. The standard InChI is InChI=1S/C20H21N5O3/c1-11-4-3-5-14-17(11)24-15(23-14)6-8-21-19(26)16-12(2)22-20(27)25-18(16)13-7-9-28-10-13/h3-5,7,9-10,18H,6,8H2,1-2H3,(H,21,26)(H,23,24)(H2,22,25,27). The summed E-state index contributed by atoms with van der Waals surface area (Å²) < 4.78 is 5.11. The van der Waals surface area contributed by atoms with Gasteiger partial charge in [-0.25, -0.2) is 9.78 Å². The van der Waals surface area contributed by atoms with Crippen LogP contribution in [0, 0.1) is 6.92 Å². The van der Waals surface area contributed by atoms with Crippen molar-refractivity contribution < 1.29 is 14.0 Å². The minimum absolute atomic E-state index is 0.247. The fourth-order valence-corrected chi connectivity index (χ4v) is 3.42. The van der Waals surface area contributed by atoms with Crippen LogP contribution in [0.3, 0.4) is 0 Å². The highest BCUT2D eigenvalue weighted by molar-refractivity contribution is 5.98. The van der Waals surface area contributed by atoms with E-state index < -0.39 is 6.04 Å². The molecule has 0 spiro atoms. The number of imidazole rings is 1. The van der Waals surface area contributed by atoms with E-state index in [1.54, 1.807) is 13.0 Å². The summed E-state index contributed by atoms with van der Waals surface area (Å²) in [5.41, 5.74) is 4.73. The first-order valence-corrected chi connectivity index (χ1v) is 9.05. The monoisotopic (exact) mass is 379 g/mol. The Bertz CT molecular complexity index is 1060. The molecule has 1 unspecified atom stereocenters. The first-order valence-electron chi connectivity index (χ1n) is 9.05. The average molecular weight is 379 g/mol. The number of aromatic nitrogens is 2. The lowest BCUT2D eigenvalue weighted by atomic mass is 9.97. The molecule has 3 amide bonds. The number of fused-ring (bicyclic) bond motifs is 1. The molecule has 28 heavy (non-hydrogen) atoms. The zero-order valence-corrected chi connectivity index (χ0v) is 15.6. The van der Waals surface area contributed by atoms with E-state index in [-0.39, 0.29) is 11.9 Å². The largest absolute Gasteiger partial charge is 0.472 e. The van der Waals surface area contributed by atoms with E-state index >= 15 is 0 Å². The Morgan fingerprint density at radius 2 is 2.14 bits per heavy atom. The van der Waals surface area contributed by atoms with Crippen LogP contribution in [-0.4, -0.2) is 28.5 Å². The second-order valence-corrected chi connectivity index (χ2v) is 6.79. The van der Waals surface area contributed by atoms with Gasteiger partial charge in [-0.2, -0.15) is 0 Å². The highest BCUT2D eigenvalue weighted by Gasteiger charge is 2.31. The van der Waals surface area contributed by atoms with Crippen LogP contribution in [0.25, 0.3) is 11.0 Å².